The molecule has 4 heterocycles. The fourth-order valence-corrected chi connectivity index (χ4v) is 5.70. The first-order valence-electron chi connectivity index (χ1n) is 12.3. The molecule has 1 unspecified atom stereocenters. The van der Waals surface area contributed by atoms with Crippen molar-refractivity contribution < 1.29 is 41.0 Å². The molecule has 6 rings (SSSR count). The number of hydrogen-bond acceptors (Lipinski definition) is 5. The largest absolute Gasteiger partial charge is 0.508 e. The zero-order valence-corrected chi connectivity index (χ0v) is 20.5. The van der Waals surface area contributed by atoms with Gasteiger partial charge in [-0.1, -0.05) is 6.08 Å². The standard InChI is InChI=1S/C28H24F6N2O3/c1-2-15-14-36-8-6-16(15)11-24(36)25(21-5-7-35-23-4-3-20(37)13-22(21)23)39-26(38)17-9-18(27(29,30)31)12-19(10-17)28(32,33)34/h2-5,7,9-10,12-13,15-16,24-25,37H,1,6,8,11,14H2/t15-,16-,24-,25+/m0/s1. The van der Waals surface area contributed by atoms with Crippen LogP contribution in [-0.2, 0) is 17.1 Å². The van der Waals surface area contributed by atoms with Gasteiger partial charge < -0.3 is 9.84 Å². The lowest BCUT2D eigenvalue weighted by atomic mass is 9.73. The van der Waals surface area contributed by atoms with Gasteiger partial charge in [-0.3, -0.25) is 9.88 Å². The molecule has 0 aliphatic carbocycles. The molecule has 1 N–H and O–H groups in total. The number of alkyl halides is 6. The van der Waals surface area contributed by atoms with Gasteiger partial charge in [-0.25, -0.2) is 4.79 Å². The summed E-state index contributed by atoms with van der Waals surface area (Å²) >= 11 is 0. The molecule has 2 bridgehead atoms. The summed E-state index contributed by atoms with van der Waals surface area (Å²) in [4.78, 5) is 19.7. The maximum Gasteiger partial charge on any atom is 0.416 e. The zero-order chi connectivity index (χ0) is 28.1. The Labute approximate surface area is 219 Å². The number of ether oxygens (including phenoxy) is 1. The number of nitrogens with zero attached hydrogens (tertiary/aromatic N) is 2. The number of piperidine rings is 3. The molecule has 0 saturated carbocycles. The molecule has 3 fully saturated rings. The van der Waals surface area contributed by atoms with Crippen LogP contribution in [0.2, 0.25) is 0 Å². The molecule has 5 atom stereocenters. The maximum absolute atomic E-state index is 13.4. The fourth-order valence-electron chi connectivity index (χ4n) is 5.70. The average molecular weight is 550 g/mol. The van der Waals surface area contributed by atoms with Crippen molar-refractivity contribution in [3.63, 3.8) is 0 Å². The quantitative estimate of drug-likeness (QED) is 0.216. The van der Waals surface area contributed by atoms with Gasteiger partial charge in [0.1, 0.15) is 11.9 Å². The molecule has 1 aromatic heterocycles. The molecule has 39 heavy (non-hydrogen) atoms. The van der Waals surface area contributed by atoms with Crippen molar-refractivity contribution in [3.05, 3.63) is 83.6 Å². The summed E-state index contributed by atoms with van der Waals surface area (Å²) in [5.41, 5.74) is -3.14. The number of rotatable bonds is 5. The van der Waals surface area contributed by atoms with Crippen molar-refractivity contribution in [3.8, 4) is 5.75 Å². The van der Waals surface area contributed by atoms with Crippen LogP contribution in [0.4, 0.5) is 26.3 Å². The van der Waals surface area contributed by atoms with Gasteiger partial charge in [-0.2, -0.15) is 26.3 Å². The summed E-state index contributed by atoms with van der Waals surface area (Å²) in [6.45, 7) is 5.21. The van der Waals surface area contributed by atoms with Crippen molar-refractivity contribution in [2.24, 2.45) is 11.8 Å². The molecule has 11 heteroatoms. The molecular formula is C28H24F6N2O3. The lowest BCUT2D eigenvalue weighted by Gasteiger charge is -2.51. The van der Waals surface area contributed by atoms with Gasteiger partial charge in [0.05, 0.1) is 28.2 Å². The third kappa shape index (κ3) is 5.32. The molecule has 206 valence electrons. The lowest BCUT2D eigenvalue weighted by Crippen LogP contribution is -2.55. The smallest absolute Gasteiger partial charge is 0.416 e. The van der Waals surface area contributed by atoms with Crippen molar-refractivity contribution in [2.45, 2.75) is 37.3 Å². The first kappa shape index (κ1) is 27.0. The third-order valence-electron chi connectivity index (χ3n) is 7.63. The van der Waals surface area contributed by atoms with Crippen LogP contribution in [0, 0.1) is 11.8 Å². The van der Waals surface area contributed by atoms with Crippen LogP contribution >= 0.6 is 0 Å². The number of phenols is 1. The van der Waals surface area contributed by atoms with E-state index in [1.165, 1.54) is 18.3 Å². The summed E-state index contributed by atoms with van der Waals surface area (Å²) in [7, 11) is 0. The Morgan fingerprint density at radius 3 is 2.36 bits per heavy atom. The molecule has 0 radical (unpaired) electrons. The number of pyridine rings is 1. The zero-order valence-electron chi connectivity index (χ0n) is 20.5. The van der Waals surface area contributed by atoms with Crippen LogP contribution in [0.5, 0.6) is 5.75 Å². The topological polar surface area (TPSA) is 62.7 Å². The molecule has 0 spiro atoms. The van der Waals surface area contributed by atoms with Crippen LogP contribution in [0.25, 0.3) is 10.9 Å². The van der Waals surface area contributed by atoms with Gasteiger partial charge >= 0.3 is 18.3 Å². The summed E-state index contributed by atoms with van der Waals surface area (Å²) in [6.07, 6.45) is -6.46. The predicted molar refractivity (Wildman–Crippen MR) is 130 cm³/mol. The molecule has 3 aliphatic rings. The second-order valence-electron chi connectivity index (χ2n) is 9.97. The van der Waals surface area contributed by atoms with E-state index in [-0.39, 0.29) is 23.7 Å². The Morgan fingerprint density at radius 1 is 1.08 bits per heavy atom. The Kier molecular flexibility index (Phi) is 6.82. The summed E-state index contributed by atoms with van der Waals surface area (Å²) in [6, 6.07) is 6.32. The van der Waals surface area contributed by atoms with Crippen LogP contribution in [0.3, 0.4) is 0 Å². The Morgan fingerprint density at radius 2 is 1.77 bits per heavy atom. The number of hydrogen-bond donors (Lipinski definition) is 1. The number of fused-ring (bicyclic) bond motifs is 4. The van der Waals surface area contributed by atoms with Gasteiger partial charge in [0.15, 0.2) is 0 Å². The highest BCUT2D eigenvalue weighted by atomic mass is 19.4. The van der Waals surface area contributed by atoms with E-state index in [1.54, 1.807) is 12.1 Å². The Bertz CT molecular complexity index is 1390. The minimum absolute atomic E-state index is 0.0331. The monoisotopic (exact) mass is 550 g/mol. The average Bonchev–Trinajstić information content (AvgIpc) is 2.90. The molecular weight excluding hydrogens is 526 g/mol. The summed E-state index contributed by atoms with van der Waals surface area (Å²) in [5.74, 6) is -0.954. The molecule has 3 saturated heterocycles. The molecule has 2 aromatic carbocycles. The minimum Gasteiger partial charge on any atom is -0.508 e. The van der Waals surface area contributed by atoms with E-state index < -0.39 is 47.2 Å². The highest BCUT2D eigenvalue weighted by molar-refractivity contribution is 5.91. The molecule has 3 aromatic rings. The SMILES string of the molecule is C=C[C@H]1CN2CC[C@H]1C[C@H]2[C@H](OC(=O)c1cc(C(F)(F)F)cc(C(F)(F)F)c1)c1ccnc2ccc(O)cc12. The van der Waals surface area contributed by atoms with Gasteiger partial charge in [-0.05, 0) is 73.7 Å². The summed E-state index contributed by atoms with van der Waals surface area (Å²) < 4.78 is 86.4. The molecule has 0 amide bonds. The third-order valence-corrected chi connectivity index (χ3v) is 7.63. The van der Waals surface area contributed by atoms with Crippen molar-refractivity contribution in [1.29, 1.82) is 0 Å². The Balaban J connectivity index is 1.59. The van der Waals surface area contributed by atoms with Gasteiger partial charge in [0, 0.05) is 23.7 Å². The van der Waals surface area contributed by atoms with E-state index in [2.05, 4.69) is 16.5 Å². The second kappa shape index (κ2) is 9.86. The molecule has 3 aliphatic heterocycles. The van der Waals surface area contributed by atoms with Crippen molar-refractivity contribution in [1.82, 2.24) is 9.88 Å². The lowest BCUT2D eigenvalue weighted by molar-refractivity contribution is -0.143. The van der Waals surface area contributed by atoms with E-state index in [0.29, 0.717) is 48.1 Å². The van der Waals surface area contributed by atoms with Crippen LogP contribution in [0.15, 0.2) is 61.3 Å². The minimum atomic E-state index is -5.11. The number of aromatic nitrogens is 1. The van der Waals surface area contributed by atoms with E-state index in [9.17, 15) is 36.2 Å². The van der Waals surface area contributed by atoms with Gasteiger partial charge in [0.25, 0.3) is 0 Å². The van der Waals surface area contributed by atoms with Crippen LogP contribution < -0.4 is 0 Å². The van der Waals surface area contributed by atoms with Gasteiger partial charge in [0.2, 0.25) is 0 Å². The normalized spacial score (nSPS) is 23.9. The molecule has 5 nitrogen and oxygen atoms in total. The number of halogens is 6. The van der Waals surface area contributed by atoms with Crippen molar-refractivity contribution >= 4 is 16.9 Å². The number of carbonyl (C=O) groups is 1. The number of carbonyl (C=O) groups excluding carboxylic acids is 1. The highest BCUT2D eigenvalue weighted by Crippen LogP contribution is 2.44. The maximum atomic E-state index is 13.4. The number of esters is 1. The Hall–Kier alpha value is -3.60. The number of benzene rings is 2. The van der Waals surface area contributed by atoms with Crippen LogP contribution in [0.1, 0.15) is 46.0 Å². The predicted octanol–water partition coefficient (Wildman–Crippen LogP) is 6.77. The number of aromatic hydroxyl groups is 1. The van der Waals surface area contributed by atoms with E-state index in [1.807, 2.05) is 6.08 Å². The van der Waals surface area contributed by atoms with E-state index in [4.69, 9.17) is 4.74 Å². The van der Waals surface area contributed by atoms with Gasteiger partial charge in [-0.15, -0.1) is 6.58 Å². The first-order valence-corrected chi connectivity index (χ1v) is 12.3. The summed E-state index contributed by atoms with van der Waals surface area (Å²) in [5, 5.41) is 10.6. The van der Waals surface area contributed by atoms with Crippen LogP contribution in [-0.4, -0.2) is 40.1 Å². The fraction of sp³-hybridized carbons (Fsp3) is 0.357. The second-order valence-corrected chi connectivity index (χ2v) is 9.97. The van der Waals surface area contributed by atoms with E-state index >= 15 is 0 Å². The van der Waals surface area contributed by atoms with E-state index in [0.717, 1.165) is 6.42 Å². The highest BCUT2D eigenvalue weighted by Gasteiger charge is 2.45. The number of phenolic OH excluding ortho intramolecular Hbond substituents is 1. The first-order chi connectivity index (χ1) is 18.3. The van der Waals surface area contributed by atoms with Crippen molar-refractivity contribution in [2.75, 3.05) is 13.1 Å².